The van der Waals surface area contributed by atoms with E-state index >= 15 is 0 Å². The van der Waals surface area contributed by atoms with Crippen LogP contribution >= 0.6 is 11.3 Å². The van der Waals surface area contributed by atoms with Crippen molar-refractivity contribution >= 4 is 28.2 Å². The number of aryl methyl sites for hydroxylation is 2. The average molecular weight is 248 g/mol. The van der Waals surface area contributed by atoms with E-state index in [4.69, 9.17) is 0 Å². The van der Waals surface area contributed by atoms with E-state index in [-0.39, 0.29) is 6.03 Å². The van der Waals surface area contributed by atoms with E-state index < -0.39 is 0 Å². The fraction of sp³-hybridized carbons (Fsp3) is 0.182. The number of nitrogens with one attached hydrogen (secondary N) is 2. The van der Waals surface area contributed by atoms with Crippen LogP contribution in [0.2, 0.25) is 0 Å². The molecule has 88 valence electrons. The van der Waals surface area contributed by atoms with Gasteiger partial charge in [0.25, 0.3) is 0 Å². The Labute approximate surface area is 103 Å². The van der Waals surface area contributed by atoms with E-state index in [1.807, 2.05) is 38.1 Å². The number of anilines is 2. The molecule has 2 N–H and O–H groups in total. The van der Waals surface area contributed by atoms with E-state index in [1.54, 1.807) is 0 Å². The van der Waals surface area contributed by atoms with Crippen molar-refractivity contribution in [3.05, 3.63) is 34.8 Å². The van der Waals surface area contributed by atoms with Crippen molar-refractivity contribution in [3.63, 3.8) is 0 Å². The van der Waals surface area contributed by atoms with Crippen LogP contribution in [0, 0.1) is 13.8 Å². The maximum absolute atomic E-state index is 11.6. The number of carbonyl (C=O) groups is 1. The average Bonchev–Trinajstić information content (AvgIpc) is 2.63. The Kier molecular flexibility index (Phi) is 3.34. The lowest BCUT2D eigenvalue weighted by atomic mass is 10.2. The van der Waals surface area contributed by atoms with Crippen molar-refractivity contribution in [1.29, 1.82) is 0 Å². The largest absolute Gasteiger partial charge is 0.325 e. The van der Waals surface area contributed by atoms with Gasteiger partial charge in [0.2, 0.25) is 5.13 Å². The van der Waals surface area contributed by atoms with Gasteiger partial charge in [-0.15, -0.1) is 10.2 Å². The minimum atomic E-state index is -0.313. The first-order valence-corrected chi connectivity index (χ1v) is 5.90. The van der Waals surface area contributed by atoms with Crippen molar-refractivity contribution in [2.75, 3.05) is 10.6 Å². The monoisotopic (exact) mass is 248 g/mol. The molecule has 0 aliphatic carbocycles. The lowest BCUT2D eigenvalue weighted by Gasteiger charge is -2.05. The van der Waals surface area contributed by atoms with Crippen molar-refractivity contribution in [3.8, 4) is 0 Å². The second-order valence-corrected chi connectivity index (χ2v) is 4.76. The molecule has 2 rings (SSSR count). The van der Waals surface area contributed by atoms with E-state index in [1.165, 1.54) is 11.3 Å². The first kappa shape index (κ1) is 11.5. The molecular weight excluding hydrogens is 236 g/mol. The minimum Gasteiger partial charge on any atom is -0.308 e. The van der Waals surface area contributed by atoms with Crippen LogP contribution in [0.15, 0.2) is 24.3 Å². The van der Waals surface area contributed by atoms with Gasteiger partial charge >= 0.3 is 6.03 Å². The second kappa shape index (κ2) is 4.92. The Morgan fingerprint density at radius 2 is 2.06 bits per heavy atom. The number of urea groups is 1. The number of aromatic nitrogens is 2. The Morgan fingerprint density at radius 3 is 2.71 bits per heavy atom. The highest BCUT2D eigenvalue weighted by Gasteiger charge is 2.06. The van der Waals surface area contributed by atoms with E-state index in [2.05, 4.69) is 20.8 Å². The lowest BCUT2D eigenvalue weighted by Crippen LogP contribution is -2.19. The number of rotatable bonds is 2. The topological polar surface area (TPSA) is 66.9 Å². The fourth-order valence-electron chi connectivity index (χ4n) is 1.33. The molecule has 5 nitrogen and oxygen atoms in total. The molecule has 0 saturated heterocycles. The number of nitrogens with zero attached hydrogens (tertiary/aromatic N) is 2. The zero-order chi connectivity index (χ0) is 12.3. The van der Waals surface area contributed by atoms with E-state index in [0.717, 1.165) is 16.3 Å². The third-order valence-electron chi connectivity index (χ3n) is 2.02. The summed E-state index contributed by atoms with van der Waals surface area (Å²) in [6.07, 6.45) is 0. The molecule has 0 radical (unpaired) electrons. The van der Waals surface area contributed by atoms with Crippen LogP contribution in [0.1, 0.15) is 10.6 Å². The molecule has 2 amide bonds. The number of carbonyl (C=O) groups excluding carboxylic acids is 1. The van der Waals surface area contributed by atoms with Crippen LogP contribution in [0.5, 0.6) is 0 Å². The Balaban J connectivity index is 1.98. The van der Waals surface area contributed by atoms with Crippen molar-refractivity contribution in [1.82, 2.24) is 10.2 Å². The molecule has 0 spiro atoms. The van der Waals surface area contributed by atoms with Gasteiger partial charge in [0.15, 0.2) is 0 Å². The quantitative estimate of drug-likeness (QED) is 0.858. The SMILES string of the molecule is Cc1cccc(NC(=O)Nc2nnc(C)s2)c1. The van der Waals surface area contributed by atoms with Crippen LogP contribution in [0.4, 0.5) is 15.6 Å². The molecule has 0 unspecified atom stereocenters. The third-order valence-corrected chi connectivity index (χ3v) is 2.78. The molecule has 1 aromatic carbocycles. The van der Waals surface area contributed by atoms with Crippen molar-refractivity contribution in [2.45, 2.75) is 13.8 Å². The summed E-state index contributed by atoms with van der Waals surface area (Å²) in [5.41, 5.74) is 1.85. The van der Waals surface area contributed by atoms with Crippen molar-refractivity contribution in [2.24, 2.45) is 0 Å². The number of amides is 2. The zero-order valence-electron chi connectivity index (χ0n) is 9.52. The molecule has 0 aliphatic heterocycles. The van der Waals surface area contributed by atoms with Gasteiger partial charge in [0.1, 0.15) is 5.01 Å². The maximum Gasteiger partial charge on any atom is 0.325 e. The Morgan fingerprint density at radius 1 is 1.24 bits per heavy atom. The van der Waals surface area contributed by atoms with Gasteiger partial charge in [0, 0.05) is 5.69 Å². The van der Waals surface area contributed by atoms with Gasteiger partial charge in [-0.25, -0.2) is 4.79 Å². The zero-order valence-corrected chi connectivity index (χ0v) is 10.3. The highest BCUT2D eigenvalue weighted by atomic mass is 32.1. The van der Waals surface area contributed by atoms with Crippen LogP contribution in [-0.2, 0) is 0 Å². The molecule has 1 aromatic heterocycles. The van der Waals surface area contributed by atoms with Gasteiger partial charge in [-0.1, -0.05) is 23.5 Å². The highest BCUT2D eigenvalue weighted by Crippen LogP contribution is 2.14. The van der Waals surface area contributed by atoms with Gasteiger partial charge < -0.3 is 5.32 Å². The van der Waals surface area contributed by atoms with E-state index in [9.17, 15) is 4.79 Å². The number of hydrogen-bond donors (Lipinski definition) is 2. The summed E-state index contributed by atoms with van der Waals surface area (Å²) in [7, 11) is 0. The maximum atomic E-state index is 11.6. The Hall–Kier alpha value is -1.95. The van der Waals surface area contributed by atoms with Crippen LogP contribution < -0.4 is 10.6 Å². The molecule has 0 aliphatic rings. The fourth-order valence-corrected chi connectivity index (χ4v) is 1.92. The lowest BCUT2D eigenvalue weighted by molar-refractivity contribution is 0.262. The van der Waals surface area contributed by atoms with Crippen molar-refractivity contribution < 1.29 is 4.79 Å². The smallest absolute Gasteiger partial charge is 0.308 e. The summed E-state index contributed by atoms with van der Waals surface area (Å²) in [6, 6.07) is 7.27. The molecular formula is C11H12N4OS. The van der Waals surface area contributed by atoms with Crippen LogP contribution in [-0.4, -0.2) is 16.2 Å². The predicted octanol–water partition coefficient (Wildman–Crippen LogP) is 2.80. The highest BCUT2D eigenvalue weighted by molar-refractivity contribution is 7.15. The van der Waals surface area contributed by atoms with E-state index in [0.29, 0.717) is 5.13 Å². The molecule has 0 fully saturated rings. The summed E-state index contributed by atoms with van der Waals surface area (Å²) in [6.45, 7) is 3.80. The summed E-state index contributed by atoms with van der Waals surface area (Å²) >= 11 is 1.34. The summed E-state index contributed by atoms with van der Waals surface area (Å²) in [4.78, 5) is 11.6. The first-order chi connectivity index (χ1) is 8.13. The summed E-state index contributed by atoms with van der Waals surface area (Å²) in [5, 5.41) is 14.3. The van der Waals surface area contributed by atoms with Gasteiger partial charge in [-0.3, -0.25) is 5.32 Å². The molecule has 0 saturated carbocycles. The Bertz CT molecular complexity index is 538. The summed E-state index contributed by atoms with van der Waals surface area (Å²) < 4.78 is 0. The van der Waals surface area contributed by atoms with Gasteiger partial charge in [0.05, 0.1) is 0 Å². The standard InChI is InChI=1S/C11H12N4OS/c1-7-4-3-5-9(6-7)12-10(16)13-11-15-14-8(2)17-11/h3-6H,1-2H3,(H2,12,13,15,16). The second-order valence-electron chi connectivity index (χ2n) is 3.57. The van der Waals surface area contributed by atoms with Crippen LogP contribution in [0.25, 0.3) is 0 Å². The molecule has 1 heterocycles. The third kappa shape index (κ3) is 3.25. The number of benzene rings is 1. The molecule has 17 heavy (non-hydrogen) atoms. The first-order valence-electron chi connectivity index (χ1n) is 5.08. The van der Waals surface area contributed by atoms with Gasteiger partial charge in [-0.05, 0) is 31.5 Å². The minimum absolute atomic E-state index is 0.313. The normalized spacial score (nSPS) is 10.0. The van der Waals surface area contributed by atoms with Crippen LogP contribution in [0.3, 0.4) is 0 Å². The molecule has 0 bridgehead atoms. The summed E-state index contributed by atoms with van der Waals surface area (Å²) in [5.74, 6) is 0. The number of hydrogen-bond acceptors (Lipinski definition) is 4. The molecule has 2 aromatic rings. The predicted molar refractivity (Wildman–Crippen MR) is 68.5 cm³/mol. The molecule has 0 atom stereocenters. The van der Waals surface area contributed by atoms with Gasteiger partial charge in [-0.2, -0.15) is 0 Å². The molecule has 6 heteroatoms.